The number of hydrogen-bond acceptors (Lipinski definition) is 6. The van der Waals surface area contributed by atoms with Gasteiger partial charge < -0.3 is 14.2 Å². The molecular weight excluding hydrogens is 400 g/mol. The highest BCUT2D eigenvalue weighted by atomic mass is 32.1. The lowest BCUT2D eigenvalue weighted by Crippen LogP contribution is -2.12. The number of nitrogens with zero attached hydrogens (tertiary/aromatic N) is 1. The summed E-state index contributed by atoms with van der Waals surface area (Å²) in [6, 6.07) is 11.6. The van der Waals surface area contributed by atoms with Crippen LogP contribution in [-0.2, 0) is 5.41 Å². The molecule has 0 aliphatic carbocycles. The van der Waals surface area contributed by atoms with Gasteiger partial charge in [-0.2, -0.15) is 0 Å². The van der Waals surface area contributed by atoms with Crippen molar-refractivity contribution in [3.8, 4) is 28.5 Å². The van der Waals surface area contributed by atoms with Crippen LogP contribution >= 0.6 is 11.3 Å². The summed E-state index contributed by atoms with van der Waals surface area (Å²) in [5.41, 5.74) is 3.57. The second kappa shape index (κ2) is 8.75. The van der Waals surface area contributed by atoms with E-state index in [0.717, 1.165) is 11.3 Å². The summed E-state index contributed by atoms with van der Waals surface area (Å²) >= 11 is 1.37. The Morgan fingerprint density at radius 3 is 2.07 bits per heavy atom. The van der Waals surface area contributed by atoms with Gasteiger partial charge in [-0.3, -0.25) is 10.1 Å². The van der Waals surface area contributed by atoms with Crippen LogP contribution in [0.3, 0.4) is 0 Å². The first kappa shape index (κ1) is 21.6. The largest absolute Gasteiger partial charge is 0.493 e. The van der Waals surface area contributed by atoms with E-state index in [2.05, 4.69) is 55.3 Å². The lowest BCUT2D eigenvalue weighted by Gasteiger charge is -2.18. The number of aromatic nitrogens is 1. The van der Waals surface area contributed by atoms with Gasteiger partial charge in [-0.05, 0) is 23.1 Å². The lowest BCUT2D eigenvalue weighted by atomic mass is 9.86. The average molecular weight is 427 g/mol. The van der Waals surface area contributed by atoms with Gasteiger partial charge in [0.15, 0.2) is 16.6 Å². The summed E-state index contributed by atoms with van der Waals surface area (Å²) in [5, 5.41) is 5.29. The molecule has 6 nitrogen and oxygen atoms in total. The van der Waals surface area contributed by atoms with Crippen LogP contribution in [0.1, 0.15) is 36.7 Å². The third-order valence-electron chi connectivity index (χ3n) is 4.70. The SMILES string of the molecule is COc1cc(C(=O)Nc2nc(-c3ccc(C(C)(C)C)cc3)cs2)cc(OC)c1OC. The maximum Gasteiger partial charge on any atom is 0.257 e. The molecule has 0 atom stereocenters. The second-order valence-electron chi connectivity index (χ2n) is 7.73. The van der Waals surface area contributed by atoms with Gasteiger partial charge in [-0.1, -0.05) is 45.0 Å². The molecule has 30 heavy (non-hydrogen) atoms. The normalized spacial score (nSPS) is 11.1. The molecule has 7 heteroatoms. The molecule has 0 aliphatic rings. The number of methoxy groups -OCH3 is 3. The molecule has 1 amide bonds. The van der Waals surface area contributed by atoms with E-state index in [9.17, 15) is 4.79 Å². The minimum atomic E-state index is -0.307. The van der Waals surface area contributed by atoms with E-state index in [1.54, 1.807) is 12.1 Å². The Hall–Kier alpha value is -3.06. The van der Waals surface area contributed by atoms with E-state index in [1.807, 2.05) is 5.38 Å². The van der Waals surface area contributed by atoms with Gasteiger partial charge in [-0.15, -0.1) is 11.3 Å². The molecule has 1 aromatic heterocycles. The zero-order valence-corrected chi connectivity index (χ0v) is 18.8. The summed E-state index contributed by atoms with van der Waals surface area (Å²) in [4.78, 5) is 17.3. The first-order valence-corrected chi connectivity index (χ1v) is 10.3. The Morgan fingerprint density at radius 2 is 1.57 bits per heavy atom. The van der Waals surface area contributed by atoms with E-state index in [4.69, 9.17) is 14.2 Å². The van der Waals surface area contributed by atoms with Gasteiger partial charge in [0, 0.05) is 16.5 Å². The van der Waals surface area contributed by atoms with E-state index in [-0.39, 0.29) is 11.3 Å². The van der Waals surface area contributed by atoms with Crippen LogP contribution in [0.2, 0.25) is 0 Å². The lowest BCUT2D eigenvalue weighted by molar-refractivity contribution is 0.102. The molecule has 0 radical (unpaired) electrons. The molecule has 0 unspecified atom stereocenters. The van der Waals surface area contributed by atoms with Crippen molar-refractivity contribution in [1.82, 2.24) is 4.98 Å². The van der Waals surface area contributed by atoms with Crippen molar-refractivity contribution >= 4 is 22.4 Å². The minimum absolute atomic E-state index is 0.0974. The van der Waals surface area contributed by atoms with Crippen molar-refractivity contribution in [2.45, 2.75) is 26.2 Å². The van der Waals surface area contributed by atoms with Crippen LogP contribution in [0.25, 0.3) is 11.3 Å². The smallest absolute Gasteiger partial charge is 0.257 e. The molecule has 0 saturated heterocycles. The molecule has 0 fully saturated rings. The summed E-state index contributed by atoms with van der Waals surface area (Å²) in [5.74, 6) is 0.964. The number of rotatable bonds is 6. The maximum absolute atomic E-state index is 12.8. The van der Waals surface area contributed by atoms with Crippen LogP contribution < -0.4 is 19.5 Å². The molecule has 0 aliphatic heterocycles. The highest BCUT2D eigenvalue weighted by Gasteiger charge is 2.18. The van der Waals surface area contributed by atoms with E-state index < -0.39 is 0 Å². The quantitative estimate of drug-likeness (QED) is 0.573. The Labute approximate surface area is 180 Å². The average Bonchev–Trinajstić information content (AvgIpc) is 3.20. The fourth-order valence-corrected chi connectivity index (χ4v) is 3.70. The van der Waals surface area contributed by atoms with Crippen LogP contribution in [-0.4, -0.2) is 32.2 Å². The summed E-state index contributed by atoms with van der Waals surface area (Å²) in [6.07, 6.45) is 0. The summed E-state index contributed by atoms with van der Waals surface area (Å²) in [6.45, 7) is 6.55. The van der Waals surface area contributed by atoms with Gasteiger partial charge >= 0.3 is 0 Å². The fraction of sp³-hybridized carbons (Fsp3) is 0.304. The van der Waals surface area contributed by atoms with Crippen LogP contribution in [0.15, 0.2) is 41.8 Å². The number of benzene rings is 2. The summed E-state index contributed by atoms with van der Waals surface area (Å²) in [7, 11) is 4.54. The minimum Gasteiger partial charge on any atom is -0.493 e. The second-order valence-corrected chi connectivity index (χ2v) is 8.59. The number of anilines is 1. The fourth-order valence-electron chi connectivity index (χ4n) is 2.99. The number of amides is 1. The van der Waals surface area contributed by atoms with Crippen molar-refractivity contribution < 1.29 is 19.0 Å². The number of thiazole rings is 1. The van der Waals surface area contributed by atoms with Gasteiger partial charge in [0.05, 0.1) is 27.0 Å². The summed E-state index contributed by atoms with van der Waals surface area (Å²) < 4.78 is 15.9. The predicted molar refractivity (Wildman–Crippen MR) is 120 cm³/mol. The number of ether oxygens (including phenoxy) is 3. The van der Waals surface area contributed by atoms with Crippen molar-refractivity contribution in [2.24, 2.45) is 0 Å². The molecule has 0 bridgehead atoms. The Kier molecular flexibility index (Phi) is 6.31. The number of carbonyl (C=O) groups is 1. The standard InChI is InChI=1S/C23H26N2O4S/c1-23(2,3)16-9-7-14(8-10-16)17-13-30-22(24-17)25-21(26)15-11-18(27-4)20(29-6)19(12-15)28-5/h7-13H,1-6H3,(H,24,25,26). The van der Waals surface area contributed by atoms with Crippen LogP contribution in [0.5, 0.6) is 17.2 Å². The third kappa shape index (κ3) is 4.57. The van der Waals surface area contributed by atoms with Gasteiger partial charge in [0.2, 0.25) is 5.75 Å². The third-order valence-corrected chi connectivity index (χ3v) is 5.46. The van der Waals surface area contributed by atoms with E-state index >= 15 is 0 Å². The molecule has 3 aromatic rings. The number of hydrogen-bond donors (Lipinski definition) is 1. The Bertz CT molecular complexity index is 1010. The zero-order valence-electron chi connectivity index (χ0n) is 18.0. The molecule has 2 aromatic carbocycles. The van der Waals surface area contributed by atoms with Gasteiger partial charge in [0.25, 0.3) is 5.91 Å². The Balaban J connectivity index is 1.80. The number of nitrogens with one attached hydrogen (secondary N) is 1. The van der Waals surface area contributed by atoms with Crippen LogP contribution in [0, 0.1) is 0 Å². The Morgan fingerprint density at radius 1 is 0.967 bits per heavy atom. The highest BCUT2D eigenvalue weighted by molar-refractivity contribution is 7.14. The molecule has 0 spiro atoms. The first-order chi connectivity index (χ1) is 14.3. The monoisotopic (exact) mass is 426 g/mol. The van der Waals surface area contributed by atoms with Crippen molar-refractivity contribution in [3.63, 3.8) is 0 Å². The first-order valence-electron chi connectivity index (χ1n) is 9.44. The molecule has 158 valence electrons. The maximum atomic E-state index is 12.8. The van der Waals surface area contributed by atoms with E-state index in [0.29, 0.717) is 27.9 Å². The van der Waals surface area contributed by atoms with Gasteiger partial charge in [-0.25, -0.2) is 4.98 Å². The molecule has 1 N–H and O–H groups in total. The predicted octanol–water partition coefficient (Wildman–Crippen LogP) is 5.39. The molecule has 3 rings (SSSR count). The molecule has 0 saturated carbocycles. The highest BCUT2D eigenvalue weighted by Crippen LogP contribution is 2.38. The molecular formula is C23H26N2O4S. The van der Waals surface area contributed by atoms with Crippen LogP contribution in [0.4, 0.5) is 5.13 Å². The van der Waals surface area contributed by atoms with Gasteiger partial charge in [0.1, 0.15) is 0 Å². The van der Waals surface area contributed by atoms with Crippen molar-refractivity contribution in [3.05, 3.63) is 52.9 Å². The molecule has 1 heterocycles. The van der Waals surface area contributed by atoms with E-state index in [1.165, 1.54) is 38.2 Å². The van der Waals surface area contributed by atoms with Crippen molar-refractivity contribution in [1.29, 1.82) is 0 Å². The zero-order chi connectivity index (χ0) is 21.9. The number of carbonyl (C=O) groups excluding carboxylic acids is 1. The topological polar surface area (TPSA) is 69.7 Å². The van der Waals surface area contributed by atoms with Crippen molar-refractivity contribution in [2.75, 3.05) is 26.6 Å².